The first-order valence-corrected chi connectivity index (χ1v) is 7.26. The molecule has 0 spiro atoms. The van der Waals surface area contributed by atoms with Gasteiger partial charge in [-0.1, -0.05) is 58.0 Å². The van der Waals surface area contributed by atoms with Gasteiger partial charge < -0.3 is 4.98 Å². The Balaban J connectivity index is 2.84. The summed E-state index contributed by atoms with van der Waals surface area (Å²) in [7, 11) is 0. The third-order valence-electron chi connectivity index (χ3n) is 2.63. The Morgan fingerprint density at radius 1 is 0.818 bits per heavy atom. The summed E-state index contributed by atoms with van der Waals surface area (Å²) in [5.74, 6) is 0. The van der Waals surface area contributed by atoms with E-state index in [2.05, 4.69) is 0 Å². The summed E-state index contributed by atoms with van der Waals surface area (Å²) < 4.78 is 38.3. The predicted octanol–water partition coefficient (Wildman–Crippen LogP) is 6.33. The maximum Gasteiger partial charge on any atom is 0.431 e. The first-order valence-electron chi connectivity index (χ1n) is 5.37. The van der Waals surface area contributed by atoms with Crippen molar-refractivity contribution in [2.24, 2.45) is 0 Å². The zero-order valence-electron chi connectivity index (χ0n) is 10.1. The smallest absolute Gasteiger partial charge is 0.351 e. The van der Waals surface area contributed by atoms with Gasteiger partial charge in [0, 0.05) is 17.7 Å². The van der Waals surface area contributed by atoms with Crippen molar-refractivity contribution in [3.8, 4) is 11.3 Å². The first kappa shape index (κ1) is 17.8. The predicted molar refractivity (Wildman–Crippen MR) is 82.6 cm³/mol. The lowest BCUT2D eigenvalue weighted by Gasteiger charge is -2.14. The van der Waals surface area contributed by atoms with Crippen molar-refractivity contribution >= 4 is 58.0 Å². The topological polar surface area (TPSA) is 32.9 Å². The molecule has 1 aromatic heterocycles. The maximum absolute atomic E-state index is 12.8. The molecule has 0 aliphatic heterocycles. The Labute approximate surface area is 146 Å². The number of H-pyrrole nitrogens is 1. The molecule has 0 saturated heterocycles. The molecule has 0 amide bonds. The van der Waals surface area contributed by atoms with E-state index in [-0.39, 0.29) is 36.4 Å². The molecule has 0 unspecified atom stereocenters. The van der Waals surface area contributed by atoms with Gasteiger partial charge in [-0.25, -0.2) is 0 Å². The van der Waals surface area contributed by atoms with Crippen LogP contribution in [0.3, 0.4) is 0 Å². The highest BCUT2D eigenvalue weighted by Crippen LogP contribution is 2.47. The van der Waals surface area contributed by atoms with E-state index in [4.69, 9.17) is 58.0 Å². The van der Waals surface area contributed by atoms with Gasteiger partial charge in [0.15, 0.2) is 5.43 Å². The normalized spacial score (nSPS) is 11.8. The second-order valence-electron chi connectivity index (χ2n) is 4.09. The Hall–Kier alpha value is -0.590. The Morgan fingerprint density at radius 2 is 1.27 bits per heavy atom. The molecule has 2 rings (SSSR count). The van der Waals surface area contributed by atoms with Crippen LogP contribution in [0.25, 0.3) is 11.3 Å². The van der Waals surface area contributed by atoms with E-state index in [0.29, 0.717) is 6.07 Å². The van der Waals surface area contributed by atoms with Crippen LogP contribution in [-0.2, 0) is 6.18 Å². The molecule has 1 heterocycles. The number of aromatic nitrogens is 1. The summed E-state index contributed by atoms with van der Waals surface area (Å²) >= 11 is 29.4. The minimum Gasteiger partial charge on any atom is -0.351 e. The Kier molecular flexibility index (Phi) is 4.95. The SMILES string of the molecule is O=c1cc(-c2c(Cl)c(Cl)c(Cl)c(Cl)c2Cl)[nH]c(C(F)(F)F)c1. The number of hydrogen-bond donors (Lipinski definition) is 1. The molecule has 0 saturated carbocycles. The molecule has 2 aromatic rings. The van der Waals surface area contributed by atoms with E-state index < -0.39 is 17.3 Å². The monoisotopic (exact) mass is 409 g/mol. The van der Waals surface area contributed by atoms with Gasteiger partial charge in [-0.2, -0.15) is 13.2 Å². The first-order chi connectivity index (χ1) is 10.0. The molecular formula is C12H3Cl5F3NO. The third-order valence-corrected chi connectivity index (χ3v) is 4.90. The minimum absolute atomic E-state index is 0.142. The molecule has 118 valence electrons. The fourth-order valence-corrected chi connectivity index (χ4v) is 3.01. The maximum atomic E-state index is 12.8. The fraction of sp³-hybridized carbons (Fsp3) is 0.0833. The van der Waals surface area contributed by atoms with Crippen LogP contribution in [0.1, 0.15) is 5.69 Å². The molecule has 10 heteroatoms. The highest BCUT2D eigenvalue weighted by Gasteiger charge is 2.33. The minimum atomic E-state index is -4.76. The molecule has 2 nitrogen and oxygen atoms in total. The second kappa shape index (κ2) is 6.13. The van der Waals surface area contributed by atoms with Crippen molar-refractivity contribution in [3.63, 3.8) is 0 Å². The van der Waals surface area contributed by atoms with Crippen molar-refractivity contribution in [1.82, 2.24) is 4.98 Å². The summed E-state index contributed by atoms with van der Waals surface area (Å²) in [6.07, 6.45) is -4.76. The number of alkyl halides is 3. The molecular weight excluding hydrogens is 408 g/mol. The number of rotatable bonds is 1. The van der Waals surface area contributed by atoms with E-state index in [9.17, 15) is 18.0 Å². The average Bonchev–Trinajstić information content (AvgIpc) is 2.42. The van der Waals surface area contributed by atoms with Gasteiger partial charge in [0.05, 0.1) is 30.8 Å². The Morgan fingerprint density at radius 3 is 1.73 bits per heavy atom. The molecule has 0 fully saturated rings. The number of halogens is 8. The molecule has 1 aromatic carbocycles. The number of hydrogen-bond acceptors (Lipinski definition) is 1. The van der Waals surface area contributed by atoms with Gasteiger partial charge in [0.1, 0.15) is 5.69 Å². The fourth-order valence-electron chi connectivity index (χ4n) is 1.67. The third kappa shape index (κ3) is 3.19. The summed E-state index contributed by atoms with van der Waals surface area (Å²) in [5.41, 5.74) is -2.58. The largest absolute Gasteiger partial charge is 0.431 e. The molecule has 0 aliphatic rings. The van der Waals surface area contributed by atoms with Crippen LogP contribution in [0, 0.1) is 0 Å². The van der Waals surface area contributed by atoms with Crippen LogP contribution in [0.15, 0.2) is 16.9 Å². The standard InChI is InChI=1S/C12H3Cl5F3NO/c13-7-6(8(14)10(16)11(17)9(7)15)4-1-3(22)2-5(21-4)12(18,19)20/h1-2H,(H,21,22). The van der Waals surface area contributed by atoms with E-state index in [1.165, 1.54) is 0 Å². The van der Waals surface area contributed by atoms with Crippen LogP contribution in [0.2, 0.25) is 25.1 Å². The molecule has 0 atom stereocenters. The number of benzene rings is 1. The van der Waals surface area contributed by atoms with E-state index in [0.717, 1.165) is 6.07 Å². The van der Waals surface area contributed by atoms with E-state index in [1.54, 1.807) is 0 Å². The number of pyridine rings is 1. The van der Waals surface area contributed by atoms with Crippen LogP contribution in [0.4, 0.5) is 13.2 Å². The molecule has 22 heavy (non-hydrogen) atoms. The summed E-state index contributed by atoms with van der Waals surface area (Å²) in [5, 5.41) is -0.972. The summed E-state index contributed by atoms with van der Waals surface area (Å²) in [4.78, 5) is 13.5. The highest BCUT2D eigenvalue weighted by molar-refractivity contribution is 6.56. The molecule has 0 aliphatic carbocycles. The van der Waals surface area contributed by atoms with Crippen molar-refractivity contribution in [2.75, 3.05) is 0 Å². The lowest BCUT2D eigenvalue weighted by molar-refractivity contribution is -0.141. The van der Waals surface area contributed by atoms with E-state index in [1.807, 2.05) is 4.98 Å². The van der Waals surface area contributed by atoms with Gasteiger partial charge >= 0.3 is 6.18 Å². The number of nitrogens with one attached hydrogen (secondary N) is 1. The number of aromatic amines is 1. The zero-order valence-corrected chi connectivity index (χ0v) is 13.9. The van der Waals surface area contributed by atoms with Crippen molar-refractivity contribution < 1.29 is 13.2 Å². The van der Waals surface area contributed by atoms with Crippen molar-refractivity contribution in [3.05, 3.63) is 53.2 Å². The lowest BCUT2D eigenvalue weighted by atomic mass is 10.1. The van der Waals surface area contributed by atoms with Crippen molar-refractivity contribution in [2.45, 2.75) is 6.18 Å². The van der Waals surface area contributed by atoms with Crippen LogP contribution < -0.4 is 5.43 Å². The van der Waals surface area contributed by atoms with Gasteiger partial charge in [-0.3, -0.25) is 4.79 Å². The van der Waals surface area contributed by atoms with Crippen LogP contribution >= 0.6 is 58.0 Å². The molecule has 1 N–H and O–H groups in total. The van der Waals surface area contributed by atoms with Crippen LogP contribution in [-0.4, -0.2) is 4.98 Å². The Bertz CT molecular complexity index is 787. The van der Waals surface area contributed by atoms with Gasteiger partial charge in [0.25, 0.3) is 0 Å². The van der Waals surface area contributed by atoms with E-state index >= 15 is 0 Å². The van der Waals surface area contributed by atoms with Gasteiger partial charge in [0.2, 0.25) is 0 Å². The summed E-state index contributed by atoms with van der Waals surface area (Å²) in [6, 6.07) is 1.30. The second-order valence-corrected chi connectivity index (χ2v) is 5.98. The zero-order chi connectivity index (χ0) is 16.8. The molecule has 0 bridgehead atoms. The lowest BCUT2D eigenvalue weighted by Crippen LogP contribution is -2.14. The van der Waals surface area contributed by atoms with Gasteiger partial charge in [-0.05, 0) is 0 Å². The average molecular weight is 411 g/mol. The van der Waals surface area contributed by atoms with Crippen molar-refractivity contribution in [1.29, 1.82) is 0 Å². The summed E-state index contributed by atoms with van der Waals surface area (Å²) in [6.45, 7) is 0. The quantitative estimate of drug-likeness (QED) is 0.432. The van der Waals surface area contributed by atoms with Gasteiger partial charge in [-0.15, -0.1) is 0 Å². The highest BCUT2D eigenvalue weighted by atomic mass is 35.5. The molecule has 0 radical (unpaired) electrons. The van der Waals surface area contributed by atoms with Crippen LogP contribution in [0.5, 0.6) is 0 Å².